The van der Waals surface area contributed by atoms with Gasteiger partial charge in [-0.05, 0) is 61.6 Å². The molecule has 33 heavy (non-hydrogen) atoms. The first-order chi connectivity index (χ1) is 16.0. The van der Waals surface area contributed by atoms with Crippen molar-refractivity contribution in [2.24, 2.45) is 5.92 Å². The summed E-state index contributed by atoms with van der Waals surface area (Å²) in [6, 6.07) is 19.6. The number of halogens is 1. The molecule has 0 saturated heterocycles. The molecule has 0 atom stereocenters. The molecule has 6 rings (SSSR count). The van der Waals surface area contributed by atoms with E-state index in [9.17, 15) is 9.18 Å². The van der Waals surface area contributed by atoms with Crippen LogP contribution in [-0.2, 0) is 10.2 Å². The van der Waals surface area contributed by atoms with Crippen LogP contribution in [-0.4, -0.2) is 27.1 Å². The van der Waals surface area contributed by atoms with Crippen LogP contribution in [0.15, 0.2) is 60.7 Å². The van der Waals surface area contributed by atoms with Gasteiger partial charge in [0.1, 0.15) is 21.2 Å². The maximum Gasteiger partial charge on any atom is 0.306 e. The average molecular weight is 460 g/mol. The fourth-order valence-corrected chi connectivity index (χ4v) is 5.69. The minimum atomic E-state index is -0.765. The van der Waals surface area contributed by atoms with Crippen LogP contribution in [0.4, 0.5) is 10.1 Å². The molecule has 0 unspecified atom stereocenters. The van der Waals surface area contributed by atoms with Gasteiger partial charge in [-0.2, -0.15) is 0 Å². The first-order valence-corrected chi connectivity index (χ1v) is 12.0. The minimum Gasteiger partial charge on any atom is -0.481 e. The van der Waals surface area contributed by atoms with Gasteiger partial charge in [-0.1, -0.05) is 41.7 Å². The van der Waals surface area contributed by atoms with Crippen molar-refractivity contribution in [3.8, 4) is 10.6 Å². The van der Waals surface area contributed by atoms with Gasteiger partial charge in [-0.3, -0.25) is 4.79 Å². The number of hydrogen-bond donors (Lipinski definition) is 2. The van der Waals surface area contributed by atoms with E-state index in [1.807, 2.05) is 18.2 Å². The van der Waals surface area contributed by atoms with E-state index in [-0.39, 0.29) is 23.2 Å². The SMILES string of the molecule is O=C(O)[C@H]1C[C@H](Nc2ccc(-c3nc4ccc(C5(c6ccccc6)CC5)nc4s3)c(F)c2)C1. The largest absolute Gasteiger partial charge is 0.481 e. The van der Waals surface area contributed by atoms with Crippen molar-refractivity contribution in [3.05, 3.63) is 77.7 Å². The van der Waals surface area contributed by atoms with Gasteiger partial charge in [0.2, 0.25) is 0 Å². The fraction of sp³-hybridized carbons (Fsp3) is 0.269. The standard InChI is InChI=1S/C26H22FN3O2S/c27-20-14-17(28-18-12-15(13-18)25(31)32)6-7-19(20)23-29-21-8-9-22(30-24(21)33-23)26(10-11-26)16-4-2-1-3-5-16/h1-9,14-15,18,28H,10-13H2,(H,31,32)/t15-,18-. The summed E-state index contributed by atoms with van der Waals surface area (Å²) in [6.45, 7) is 0. The minimum absolute atomic E-state index is 0.0145. The Balaban J connectivity index is 1.25. The second-order valence-corrected chi connectivity index (χ2v) is 10.0. The zero-order valence-corrected chi connectivity index (χ0v) is 18.6. The summed E-state index contributed by atoms with van der Waals surface area (Å²) in [5.41, 5.74) is 4.21. The quantitative estimate of drug-likeness (QED) is 0.378. The number of rotatable bonds is 6. The van der Waals surface area contributed by atoms with Gasteiger partial charge in [0.15, 0.2) is 0 Å². The molecular weight excluding hydrogens is 437 g/mol. The second kappa shape index (κ2) is 7.63. The highest BCUT2D eigenvalue weighted by molar-refractivity contribution is 7.21. The van der Waals surface area contributed by atoms with Crippen molar-refractivity contribution in [3.63, 3.8) is 0 Å². The maximum atomic E-state index is 15.0. The lowest BCUT2D eigenvalue weighted by Gasteiger charge is -2.33. The Kier molecular flexibility index (Phi) is 4.69. The van der Waals surface area contributed by atoms with Crippen molar-refractivity contribution in [2.45, 2.75) is 37.1 Å². The Morgan fingerprint density at radius 1 is 1.06 bits per heavy atom. The van der Waals surface area contributed by atoms with Crippen molar-refractivity contribution in [2.75, 3.05) is 5.32 Å². The monoisotopic (exact) mass is 459 g/mol. The van der Waals surface area contributed by atoms with Crippen LogP contribution in [0.3, 0.4) is 0 Å². The van der Waals surface area contributed by atoms with Crippen molar-refractivity contribution in [1.82, 2.24) is 9.97 Å². The highest BCUT2D eigenvalue weighted by atomic mass is 32.1. The first-order valence-electron chi connectivity index (χ1n) is 11.1. The summed E-state index contributed by atoms with van der Waals surface area (Å²) in [5.74, 6) is -1.42. The number of fused-ring (bicyclic) bond motifs is 1. The topological polar surface area (TPSA) is 75.1 Å². The average Bonchev–Trinajstić information content (AvgIpc) is 3.49. The summed E-state index contributed by atoms with van der Waals surface area (Å²) in [7, 11) is 0. The Labute approximate surface area is 194 Å². The molecule has 0 amide bonds. The lowest BCUT2D eigenvalue weighted by molar-refractivity contribution is -0.144. The van der Waals surface area contributed by atoms with Gasteiger partial charge in [0.25, 0.3) is 0 Å². The van der Waals surface area contributed by atoms with Crippen LogP contribution in [0, 0.1) is 11.7 Å². The molecule has 5 nitrogen and oxygen atoms in total. The van der Waals surface area contributed by atoms with Gasteiger partial charge in [0.05, 0.1) is 11.6 Å². The van der Waals surface area contributed by atoms with E-state index in [0.29, 0.717) is 29.1 Å². The van der Waals surface area contributed by atoms with Crippen molar-refractivity contribution >= 4 is 33.3 Å². The van der Waals surface area contributed by atoms with Crippen LogP contribution in [0.2, 0.25) is 0 Å². The van der Waals surface area contributed by atoms with E-state index in [1.54, 1.807) is 6.07 Å². The molecule has 0 bridgehead atoms. The molecule has 0 aliphatic heterocycles. The van der Waals surface area contributed by atoms with Gasteiger partial charge >= 0.3 is 5.97 Å². The molecule has 2 fully saturated rings. The van der Waals surface area contributed by atoms with Crippen LogP contribution >= 0.6 is 11.3 Å². The molecule has 2 heterocycles. The van der Waals surface area contributed by atoms with Crippen LogP contribution in [0.25, 0.3) is 20.9 Å². The predicted octanol–water partition coefficient (Wildman–Crippen LogP) is 5.85. The van der Waals surface area contributed by atoms with E-state index < -0.39 is 5.97 Å². The van der Waals surface area contributed by atoms with Crippen molar-refractivity contribution < 1.29 is 14.3 Å². The number of anilines is 1. The number of nitrogens with one attached hydrogen (secondary N) is 1. The molecule has 4 aromatic rings. The van der Waals surface area contributed by atoms with Crippen LogP contribution < -0.4 is 5.32 Å². The third kappa shape index (κ3) is 3.56. The number of carboxylic acid groups (broad SMARTS) is 1. The Hall–Kier alpha value is -3.32. The highest BCUT2D eigenvalue weighted by Crippen LogP contribution is 2.53. The number of thiazole rings is 1. The summed E-state index contributed by atoms with van der Waals surface area (Å²) in [5, 5.41) is 12.8. The van der Waals surface area contributed by atoms with Gasteiger partial charge in [-0.25, -0.2) is 14.4 Å². The van der Waals surface area contributed by atoms with E-state index in [4.69, 9.17) is 10.1 Å². The third-order valence-electron chi connectivity index (χ3n) is 6.88. The van der Waals surface area contributed by atoms with Gasteiger partial charge < -0.3 is 10.4 Å². The molecule has 2 saturated carbocycles. The Morgan fingerprint density at radius 2 is 1.85 bits per heavy atom. The molecule has 2 N–H and O–H groups in total. The van der Waals surface area contributed by atoms with Crippen LogP contribution in [0.1, 0.15) is 36.9 Å². The van der Waals surface area contributed by atoms with Gasteiger partial charge in [0, 0.05) is 22.7 Å². The summed E-state index contributed by atoms with van der Waals surface area (Å²) in [6.07, 6.45) is 3.29. The van der Waals surface area contributed by atoms with E-state index >= 15 is 0 Å². The highest BCUT2D eigenvalue weighted by Gasteiger charge is 2.47. The molecule has 2 aromatic carbocycles. The molecule has 2 aromatic heterocycles. The number of aromatic nitrogens is 2. The maximum absolute atomic E-state index is 15.0. The normalized spacial score (nSPS) is 20.9. The molecule has 0 spiro atoms. The van der Waals surface area contributed by atoms with Gasteiger partial charge in [-0.15, -0.1) is 0 Å². The first kappa shape index (κ1) is 20.3. The molecule has 2 aliphatic rings. The zero-order valence-electron chi connectivity index (χ0n) is 17.8. The summed E-state index contributed by atoms with van der Waals surface area (Å²) in [4.78, 5) is 21.4. The third-order valence-corrected chi connectivity index (χ3v) is 7.88. The number of benzene rings is 2. The molecule has 2 aliphatic carbocycles. The smallest absolute Gasteiger partial charge is 0.306 e. The predicted molar refractivity (Wildman–Crippen MR) is 127 cm³/mol. The molecule has 166 valence electrons. The lowest BCUT2D eigenvalue weighted by atomic mass is 9.80. The van der Waals surface area contributed by atoms with E-state index in [1.165, 1.54) is 23.0 Å². The number of aliphatic carboxylic acids is 1. The number of nitrogens with zero attached hydrogens (tertiary/aromatic N) is 2. The summed E-state index contributed by atoms with van der Waals surface area (Å²) >= 11 is 1.41. The Morgan fingerprint density at radius 3 is 2.55 bits per heavy atom. The fourth-order valence-electron chi connectivity index (χ4n) is 4.73. The number of carboxylic acids is 1. The molecule has 7 heteroatoms. The van der Waals surface area contributed by atoms with Crippen molar-refractivity contribution in [1.29, 1.82) is 0 Å². The number of pyridine rings is 1. The number of hydrogen-bond acceptors (Lipinski definition) is 5. The lowest BCUT2D eigenvalue weighted by Crippen LogP contribution is -2.39. The summed E-state index contributed by atoms with van der Waals surface area (Å²) < 4.78 is 15.0. The van der Waals surface area contributed by atoms with E-state index in [2.05, 4.69) is 40.6 Å². The number of carbonyl (C=O) groups is 1. The Bertz CT molecular complexity index is 1360. The zero-order chi connectivity index (χ0) is 22.6. The van der Waals surface area contributed by atoms with E-state index in [0.717, 1.165) is 28.9 Å². The molecular formula is C26H22FN3O2S. The second-order valence-electron chi connectivity index (χ2n) is 9.03. The van der Waals surface area contributed by atoms with Crippen LogP contribution in [0.5, 0.6) is 0 Å². The molecule has 0 radical (unpaired) electrons.